The highest BCUT2D eigenvalue weighted by Gasteiger charge is 2.33. The standard InChI is InChI=1S/C34H40N4O6/c1-22(2)15-20-38(32(40)25-16-18-37(19-17-25)34(42)43)33(41)35-26(21-39)13-11-24-8-4-6-10-28(24)31-36-29-14-12-23-7-3-5-9-27(23)30(29)44-31/h3-10,12,14,22,25-26,39H,11,13,15-21H2,1-2H3,(H,35,41)(H,42,43)/t26-/m0/s1. The number of nitrogens with zero attached hydrogens (tertiary/aromatic N) is 3. The molecule has 0 bridgehead atoms. The van der Waals surface area contributed by atoms with Gasteiger partial charge in [-0.15, -0.1) is 0 Å². The Balaban J connectivity index is 1.28. The van der Waals surface area contributed by atoms with Crippen molar-refractivity contribution in [2.24, 2.45) is 11.8 Å². The van der Waals surface area contributed by atoms with Crippen molar-refractivity contribution in [2.45, 2.75) is 52.0 Å². The van der Waals surface area contributed by atoms with E-state index in [9.17, 15) is 24.6 Å². The summed E-state index contributed by atoms with van der Waals surface area (Å²) in [7, 11) is 0. The van der Waals surface area contributed by atoms with Crippen LogP contribution < -0.4 is 5.32 Å². The van der Waals surface area contributed by atoms with Crippen molar-refractivity contribution in [3.8, 4) is 11.5 Å². The van der Waals surface area contributed by atoms with Crippen LogP contribution in [0.1, 0.15) is 45.1 Å². The molecular formula is C34H40N4O6. The van der Waals surface area contributed by atoms with Gasteiger partial charge in [0.05, 0.1) is 12.6 Å². The molecule has 4 amide bonds. The number of aryl methyl sites for hydroxylation is 1. The van der Waals surface area contributed by atoms with Gasteiger partial charge in [-0.1, -0.05) is 62.4 Å². The van der Waals surface area contributed by atoms with Crippen molar-refractivity contribution in [2.75, 3.05) is 26.2 Å². The number of imide groups is 1. The van der Waals surface area contributed by atoms with Gasteiger partial charge in [-0.2, -0.15) is 0 Å². The quantitative estimate of drug-likeness (QED) is 0.206. The van der Waals surface area contributed by atoms with Gasteiger partial charge in [-0.05, 0) is 61.1 Å². The molecule has 4 aromatic rings. The van der Waals surface area contributed by atoms with Gasteiger partial charge in [0.25, 0.3) is 0 Å². The summed E-state index contributed by atoms with van der Waals surface area (Å²) in [4.78, 5) is 45.5. The summed E-state index contributed by atoms with van der Waals surface area (Å²) >= 11 is 0. The fourth-order valence-electron chi connectivity index (χ4n) is 5.75. The Kier molecular flexibility index (Phi) is 9.79. The molecule has 0 radical (unpaired) electrons. The first-order valence-electron chi connectivity index (χ1n) is 15.3. The molecule has 0 spiro atoms. The Morgan fingerprint density at radius 2 is 1.75 bits per heavy atom. The number of hydrogen-bond donors (Lipinski definition) is 3. The summed E-state index contributed by atoms with van der Waals surface area (Å²) in [5.74, 6) is 0.0768. The van der Waals surface area contributed by atoms with Gasteiger partial charge in [-0.25, -0.2) is 14.6 Å². The van der Waals surface area contributed by atoms with Crippen molar-refractivity contribution in [3.63, 3.8) is 0 Å². The molecule has 2 heterocycles. The lowest BCUT2D eigenvalue weighted by Gasteiger charge is -2.33. The smallest absolute Gasteiger partial charge is 0.407 e. The van der Waals surface area contributed by atoms with Crippen LogP contribution in [0.3, 0.4) is 0 Å². The van der Waals surface area contributed by atoms with Crippen LogP contribution in [-0.2, 0) is 11.2 Å². The maximum absolute atomic E-state index is 13.5. The molecule has 1 aliphatic heterocycles. The Morgan fingerprint density at radius 3 is 2.48 bits per heavy atom. The van der Waals surface area contributed by atoms with E-state index < -0.39 is 24.1 Å². The second-order valence-electron chi connectivity index (χ2n) is 11.9. The zero-order valence-corrected chi connectivity index (χ0v) is 25.2. The predicted octanol–water partition coefficient (Wildman–Crippen LogP) is 5.92. The van der Waals surface area contributed by atoms with Gasteiger partial charge in [0.1, 0.15) is 5.52 Å². The number of likely N-dealkylation sites (tertiary alicyclic amines) is 1. The maximum Gasteiger partial charge on any atom is 0.407 e. The zero-order chi connectivity index (χ0) is 31.2. The van der Waals surface area contributed by atoms with Gasteiger partial charge >= 0.3 is 12.1 Å². The lowest BCUT2D eigenvalue weighted by Crippen LogP contribution is -2.52. The first kappa shape index (κ1) is 31.0. The first-order valence-corrected chi connectivity index (χ1v) is 15.3. The van der Waals surface area contributed by atoms with Crippen molar-refractivity contribution < 1.29 is 29.0 Å². The van der Waals surface area contributed by atoms with Gasteiger partial charge in [0, 0.05) is 36.5 Å². The number of rotatable bonds is 10. The third-order valence-corrected chi connectivity index (χ3v) is 8.39. The van der Waals surface area contributed by atoms with Crippen LogP contribution in [0.5, 0.6) is 0 Å². The summed E-state index contributed by atoms with van der Waals surface area (Å²) in [6.07, 6.45) is 1.37. The maximum atomic E-state index is 13.5. The van der Waals surface area contributed by atoms with E-state index in [2.05, 4.69) is 5.32 Å². The average molecular weight is 601 g/mol. The number of carbonyl (C=O) groups excluding carboxylic acids is 2. The largest absolute Gasteiger partial charge is 0.465 e. The Hall–Kier alpha value is -4.44. The lowest BCUT2D eigenvalue weighted by molar-refractivity contribution is -0.134. The number of benzene rings is 3. The third kappa shape index (κ3) is 7.02. The average Bonchev–Trinajstić information content (AvgIpc) is 3.48. The van der Waals surface area contributed by atoms with Crippen LogP contribution in [0.15, 0.2) is 65.1 Å². The second kappa shape index (κ2) is 13.9. The van der Waals surface area contributed by atoms with E-state index in [0.717, 1.165) is 33.0 Å². The number of urea groups is 1. The molecule has 0 unspecified atom stereocenters. The molecule has 10 nitrogen and oxygen atoms in total. The van der Waals surface area contributed by atoms with Crippen LogP contribution in [0.4, 0.5) is 9.59 Å². The summed E-state index contributed by atoms with van der Waals surface area (Å²) in [6.45, 7) is 4.56. The van der Waals surface area contributed by atoms with Crippen molar-refractivity contribution in [1.82, 2.24) is 20.1 Å². The highest BCUT2D eigenvalue weighted by atomic mass is 16.4. The number of aliphatic hydroxyl groups excluding tert-OH is 1. The predicted molar refractivity (Wildman–Crippen MR) is 168 cm³/mol. The molecule has 3 aromatic carbocycles. The fraction of sp³-hybridized carbons (Fsp3) is 0.412. The molecule has 232 valence electrons. The molecule has 1 saturated heterocycles. The summed E-state index contributed by atoms with van der Waals surface area (Å²) in [5.41, 5.74) is 3.31. The second-order valence-corrected chi connectivity index (χ2v) is 11.9. The van der Waals surface area contributed by atoms with E-state index in [1.54, 1.807) is 0 Å². The van der Waals surface area contributed by atoms with Crippen LogP contribution in [0, 0.1) is 11.8 Å². The summed E-state index contributed by atoms with van der Waals surface area (Å²) in [6, 6.07) is 18.7. The SMILES string of the molecule is CC(C)CCN(C(=O)N[C@H](CO)CCc1ccccc1-c1nc2ccc3ccccc3c2o1)C(=O)C1CCN(C(=O)O)CC1. The Bertz CT molecular complexity index is 1620. The summed E-state index contributed by atoms with van der Waals surface area (Å²) in [5, 5.41) is 24.4. The summed E-state index contributed by atoms with van der Waals surface area (Å²) < 4.78 is 6.28. The molecule has 3 N–H and O–H groups in total. The van der Waals surface area contributed by atoms with Crippen LogP contribution >= 0.6 is 0 Å². The number of oxazole rings is 1. The topological polar surface area (TPSA) is 136 Å². The van der Waals surface area contributed by atoms with E-state index in [1.807, 2.05) is 74.5 Å². The van der Waals surface area contributed by atoms with Crippen molar-refractivity contribution >= 4 is 39.9 Å². The van der Waals surface area contributed by atoms with E-state index in [0.29, 0.717) is 38.0 Å². The van der Waals surface area contributed by atoms with Crippen molar-refractivity contribution in [3.05, 3.63) is 66.2 Å². The van der Waals surface area contributed by atoms with Crippen LogP contribution in [-0.4, -0.2) is 75.3 Å². The molecule has 10 heteroatoms. The highest BCUT2D eigenvalue weighted by Crippen LogP contribution is 2.32. The molecule has 0 saturated carbocycles. The lowest BCUT2D eigenvalue weighted by atomic mass is 9.95. The monoisotopic (exact) mass is 600 g/mol. The van der Waals surface area contributed by atoms with Crippen molar-refractivity contribution in [1.29, 1.82) is 0 Å². The number of aliphatic hydroxyl groups is 1. The van der Waals surface area contributed by atoms with Gasteiger partial charge in [0.2, 0.25) is 11.8 Å². The number of carboxylic acid groups (broad SMARTS) is 1. The molecule has 5 rings (SSSR count). The first-order chi connectivity index (χ1) is 21.2. The number of fused-ring (bicyclic) bond motifs is 3. The normalized spacial score (nSPS) is 14.7. The van der Waals surface area contributed by atoms with E-state index in [-0.39, 0.29) is 38.1 Å². The van der Waals surface area contributed by atoms with Crippen LogP contribution in [0.2, 0.25) is 0 Å². The Morgan fingerprint density at radius 1 is 1.02 bits per heavy atom. The van der Waals surface area contributed by atoms with Gasteiger partial charge in [0.15, 0.2) is 5.58 Å². The Labute approximate surface area is 256 Å². The fourth-order valence-corrected chi connectivity index (χ4v) is 5.75. The number of carbonyl (C=O) groups is 3. The minimum atomic E-state index is -0.998. The zero-order valence-electron chi connectivity index (χ0n) is 25.2. The molecular weight excluding hydrogens is 560 g/mol. The number of piperidine rings is 1. The van der Waals surface area contributed by atoms with E-state index in [4.69, 9.17) is 9.40 Å². The number of amides is 4. The molecule has 1 fully saturated rings. The molecule has 1 aromatic heterocycles. The van der Waals surface area contributed by atoms with Gasteiger partial charge in [-0.3, -0.25) is 9.69 Å². The highest BCUT2D eigenvalue weighted by molar-refractivity contribution is 6.03. The van der Waals surface area contributed by atoms with Crippen LogP contribution in [0.25, 0.3) is 33.3 Å². The number of hydrogen-bond acceptors (Lipinski definition) is 6. The van der Waals surface area contributed by atoms with E-state index >= 15 is 0 Å². The molecule has 0 aliphatic carbocycles. The van der Waals surface area contributed by atoms with Gasteiger partial charge < -0.3 is 24.8 Å². The molecule has 1 atom stereocenters. The minimum Gasteiger partial charge on any atom is -0.465 e. The number of aromatic nitrogens is 1. The molecule has 44 heavy (non-hydrogen) atoms. The minimum absolute atomic E-state index is 0.259. The number of nitrogens with one attached hydrogen (secondary N) is 1. The van der Waals surface area contributed by atoms with E-state index in [1.165, 1.54) is 9.80 Å². The molecule has 1 aliphatic rings. The third-order valence-electron chi connectivity index (χ3n) is 8.39.